The molecule has 168 valence electrons. The van der Waals surface area contributed by atoms with Crippen molar-refractivity contribution in [1.82, 2.24) is 14.8 Å². The highest BCUT2D eigenvalue weighted by Gasteiger charge is 2.26. The fourth-order valence-corrected chi connectivity index (χ4v) is 4.94. The van der Waals surface area contributed by atoms with Crippen LogP contribution in [0.5, 0.6) is 0 Å². The number of primary amides is 1. The summed E-state index contributed by atoms with van der Waals surface area (Å²) in [5, 5.41) is 11.8. The van der Waals surface area contributed by atoms with E-state index in [1.807, 2.05) is 42.7 Å². The lowest BCUT2D eigenvalue weighted by atomic mass is 10.1. The second kappa shape index (κ2) is 9.96. The van der Waals surface area contributed by atoms with Gasteiger partial charge in [0.2, 0.25) is 5.91 Å². The van der Waals surface area contributed by atoms with Gasteiger partial charge in [0.15, 0.2) is 5.16 Å². The van der Waals surface area contributed by atoms with Crippen molar-refractivity contribution in [3.05, 3.63) is 51.7 Å². The Balaban J connectivity index is 1.79. The van der Waals surface area contributed by atoms with Gasteiger partial charge in [-0.25, -0.2) is 4.79 Å². The van der Waals surface area contributed by atoms with Gasteiger partial charge in [0.1, 0.15) is 10.8 Å². The molecule has 11 heteroatoms. The number of nitrogens with one attached hydrogen (secondary N) is 1. The Morgan fingerprint density at radius 1 is 1.22 bits per heavy atom. The topological polar surface area (TPSA) is 129 Å². The van der Waals surface area contributed by atoms with Crippen molar-refractivity contribution in [1.29, 1.82) is 0 Å². The number of aryl methyl sites for hydroxylation is 2. The monoisotopic (exact) mass is 473 g/mol. The molecule has 0 aliphatic heterocycles. The number of amides is 2. The summed E-state index contributed by atoms with van der Waals surface area (Å²) in [6.45, 7) is 7.27. The van der Waals surface area contributed by atoms with E-state index in [4.69, 9.17) is 10.5 Å². The number of anilines is 1. The van der Waals surface area contributed by atoms with Crippen molar-refractivity contribution in [2.24, 2.45) is 5.73 Å². The van der Waals surface area contributed by atoms with Gasteiger partial charge in [0.25, 0.3) is 5.91 Å². The molecular formula is C21H23N5O4S2. The summed E-state index contributed by atoms with van der Waals surface area (Å²) >= 11 is 2.17. The van der Waals surface area contributed by atoms with Gasteiger partial charge in [-0.1, -0.05) is 23.9 Å². The highest BCUT2D eigenvalue weighted by Crippen LogP contribution is 2.34. The number of ether oxygens (including phenoxy) is 1. The van der Waals surface area contributed by atoms with Crippen LogP contribution in [0.3, 0.4) is 0 Å². The van der Waals surface area contributed by atoms with E-state index in [2.05, 4.69) is 15.5 Å². The number of nitrogens with two attached hydrogens (primary N) is 1. The van der Waals surface area contributed by atoms with E-state index < -0.39 is 11.9 Å². The molecule has 0 aliphatic rings. The standard InChI is InChI=1S/C21H23N5O4S2/c1-5-30-20(29)16-12(3)17(18(22)28)32-19(16)23-15(27)10-31-21-25-24-13(4)26(21)14-8-6-7-11(2)9-14/h6-9H,5,10H2,1-4H3,(H2,22,28)(H,23,27). The van der Waals surface area contributed by atoms with Gasteiger partial charge in [-0.3, -0.25) is 14.2 Å². The van der Waals surface area contributed by atoms with Crippen molar-refractivity contribution in [3.8, 4) is 5.69 Å². The van der Waals surface area contributed by atoms with Crippen molar-refractivity contribution in [3.63, 3.8) is 0 Å². The molecule has 0 spiro atoms. The van der Waals surface area contributed by atoms with Crippen LogP contribution in [0, 0.1) is 20.8 Å². The number of thiophene rings is 1. The molecule has 9 nitrogen and oxygen atoms in total. The molecule has 0 radical (unpaired) electrons. The van der Waals surface area contributed by atoms with E-state index in [1.54, 1.807) is 13.8 Å². The first-order valence-electron chi connectivity index (χ1n) is 9.74. The normalized spacial score (nSPS) is 10.8. The fourth-order valence-electron chi connectivity index (χ4n) is 3.08. The number of carbonyl (C=O) groups excluding carboxylic acids is 3. The average molecular weight is 474 g/mol. The third kappa shape index (κ3) is 5.00. The lowest BCUT2D eigenvalue weighted by Crippen LogP contribution is -2.17. The molecule has 0 atom stereocenters. The smallest absolute Gasteiger partial charge is 0.341 e. The van der Waals surface area contributed by atoms with Crippen LogP contribution >= 0.6 is 23.1 Å². The summed E-state index contributed by atoms with van der Waals surface area (Å²) in [5.41, 5.74) is 7.93. The second-order valence-electron chi connectivity index (χ2n) is 6.89. The number of hydrogen-bond acceptors (Lipinski definition) is 8. The van der Waals surface area contributed by atoms with Crippen molar-refractivity contribution < 1.29 is 19.1 Å². The molecule has 0 fully saturated rings. The maximum atomic E-state index is 12.7. The summed E-state index contributed by atoms with van der Waals surface area (Å²) in [6.07, 6.45) is 0. The van der Waals surface area contributed by atoms with Crippen LogP contribution in [0.2, 0.25) is 0 Å². The molecule has 2 aromatic heterocycles. The van der Waals surface area contributed by atoms with Gasteiger partial charge in [0.05, 0.1) is 22.8 Å². The highest BCUT2D eigenvalue weighted by molar-refractivity contribution is 7.99. The molecular weight excluding hydrogens is 450 g/mol. The molecule has 2 amide bonds. The first kappa shape index (κ1) is 23.5. The summed E-state index contributed by atoms with van der Waals surface area (Å²) in [6, 6.07) is 7.89. The maximum absolute atomic E-state index is 12.7. The summed E-state index contributed by atoms with van der Waals surface area (Å²) in [5.74, 6) is -0.937. The first-order chi connectivity index (χ1) is 15.2. The predicted molar refractivity (Wildman–Crippen MR) is 124 cm³/mol. The Bertz CT molecular complexity index is 1190. The van der Waals surface area contributed by atoms with E-state index in [1.165, 1.54) is 11.8 Å². The van der Waals surface area contributed by atoms with E-state index in [0.29, 0.717) is 16.5 Å². The summed E-state index contributed by atoms with van der Waals surface area (Å²) < 4.78 is 6.94. The maximum Gasteiger partial charge on any atom is 0.341 e. The zero-order valence-electron chi connectivity index (χ0n) is 18.1. The molecule has 0 unspecified atom stereocenters. The molecule has 1 aromatic carbocycles. The van der Waals surface area contributed by atoms with Crippen LogP contribution in [0.1, 0.15) is 43.9 Å². The Morgan fingerprint density at radius 3 is 2.62 bits per heavy atom. The van der Waals surface area contributed by atoms with Crippen LogP contribution < -0.4 is 11.1 Å². The largest absolute Gasteiger partial charge is 0.462 e. The van der Waals surface area contributed by atoms with E-state index >= 15 is 0 Å². The number of carbonyl (C=O) groups is 3. The number of nitrogens with zero attached hydrogens (tertiary/aromatic N) is 3. The van der Waals surface area contributed by atoms with Crippen molar-refractivity contribution in [2.75, 3.05) is 17.7 Å². The Labute approximate surface area is 193 Å². The predicted octanol–water partition coefficient (Wildman–Crippen LogP) is 3.26. The van der Waals surface area contributed by atoms with Crippen LogP contribution in [0.15, 0.2) is 29.4 Å². The first-order valence-corrected chi connectivity index (χ1v) is 11.5. The minimum atomic E-state index is -0.672. The van der Waals surface area contributed by atoms with E-state index in [0.717, 1.165) is 22.6 Å². The van der Waals surface area contributed by atoms with E-state index in [-0.39, 0.29) is 33.7 Å². The number of thioether (sulfide) groups is 1. The lowest BCUT2D eigenvalue weighted by molar-refractivity contribution is -0.113. The van der Waals surface area contributed by atoms with E-state index in [9.17, 15) is 14.4 Å². The number of hydrogen-bond donors (Lipinski definition) is 2. The molecule has 0 bridgehead atoms. The number of aromatic nitrogens is 3. The number of esters is 1. The average Bonchev–Trinajstić information content (AvgIpc) is 3.26. The second-order valence-corrected chi connectivity index (χ2v) is 8.85. The molecule has 32 heavy (non-hydrogen) atoms. The molecule has 3 rings (SSSR count). The Kier molecular flexibility index (Phi) is 7.31. The summed E-state index contributed by atoms with van der Waals surface area (Å²) in [7, 11) is 0. The minimum Gasteiger partial charge on any atom is -0.462 e. The van der Waals surface area contributed by atoms with Gasteiger partial charge in [0, 0.05) is 5.69 Å². The molecule has 0 aliphatic carbocycles. The van der Waals surface area contributed by atoms with Gasteiger partial charge in [-0.2, -0.15) is 0 Å². The molecule has 3 N–H and O–H groups in total. The number of benzene rings is 1. The third-order valence-electron chi connectivity index (χ3n) is 4.49. The summed E-state index contributed by atoms with van der Waals surface area (Å²) in [4.78, 5) is 36.9. The minimum absolute atomic E-state index is 0.0229. The van der Waals surface area contributed by atoms with Gasteiger partial charge in [-0.15, -0.1) is 21.5 Å². The van der Waals surface area contributed by atoms with Gasteiger partial charge < -0.3 is 15.8 Å². The lowest BCUT2D eigenvalue weighted by Gasteiger charge is -2.09. The van der Waals surface area contributed by atoms with Gasteiger partial charge in [-0.05, 0) is 51.0 Å². The third-order valence-corrected chi connectivity index (χ3v) is 6.64. The Morgan fingerprint density at radius 2 is 1.97 bits per heavy atom. The van der Waals surface area contributed by atoms with Crippen LogP contribution in [0.25, 0.3) is 5.69 Å². The van der Waals surface area contributed by atoms with Crippen LogP contribution in [-0.2, 0) is 9.53 Å². The highest BCUT2D eigenvalue weighted by atomic mass is 32.2. The number of rotatable bonds is 8. The van der Waals surface area contributed by atoms with Crippen molar-refractivity contribution in [2.45, 2.75) is 32.9 Å². The SMILES string of the molecule is CCOC(=O)c1c(NC(=O)CSc2nnc(C)n2-c2cccc(C)c2)sc(C(N)=O)c1C. The Hall–Kier alpha value is -3.18. The zero-order chi connectivity index (χ0) is 23.4. The molecule has 0 saturated carbocycles. The fraction of sp³-hybridized carbons (Fsp3) is 0.286. The molecule has 0 saturated heterocycles. The molecule has 2 heterocycles. The van der Waals surface area contributed by atoms with Gasteiger partial charge >= 0.3 is 5.97 Å². The quantitative estimate of drug-likeness (QED) is 0.379. The van der Waals surface area contributed by atoms with Crippen LogP contribution in [0.4, 0.5) is 5.00 Å². The van der Waals surface area contributed by atoms with Crippen molar-refractivity contribution >= 4 is 45.9 Å². The zero-order valence-corrected chi connectivity index (χ0v) is 19.7. The molecule has 3 aromatic rings. The van der Waals surface area contributed by atoms with Crippen LogP contribution in [-0.4, -0.2) is 44.9 Å².